The summed E-state index contributed by atoms with van der Waals surface area (Å²) in [5.41, 5.74) is 3.33. The molecule has 0 aromatic carbocycles. The summed E-state index contributed by atoms with van der Waals surface area (Å²) in [4.78, 5) is 53.3. The van der Waals surface area contributed by atoms with Gasteiger partial charge < -0.3 is 40.2 Å². The van der Waals surface area contributed by atoms with E-state index >= 15 is 0 Å². The lowest BCUT2D eigenvalue weighted by Gasteiger charge is -2.20. The van der Waals surface area contributed by atoms with Gasteiger partial charge in [0.05, 0.1) is 0 Å². The topological polar surface area (TPSA) is 201 Å². The first-order valence-corrected chi connectivity index (χ1v) is 13.3. The fourth-order valence-electron chi connectivity index (χ4n) is 2.29. The Morgan fingerprint density at radius 1 is 0.600 bits per heavy atom. The Hall–Kier alpha value is -3.09. The second-order valence-corrected chi connectivity index (χ2v) is 11.7. The quantitative estimate of drug-likeness (QED) is 0.102. The molecular formula is C27H52N2O11. The van der Waals surface area contributed by atoms with E-state index in [1.807, 2.05) is 0 Å². The number of rotatable bonds is 11. The minimum absolute atomic E-state index is 0.187. The number of carbonyl (C=O) groups is 5. The molecule has 1 amide bonds. The number of carbonyl (C=O) groups excluding carboxylic acids is 3. The van der Waals surface area contributed by atoms with Crippen LogP contribution in [0.4, 0.5) is 14.4 Å². The SMILES string of the molecule is CC(C)(C)OC(=O)NCCCCCC(=O)O.CC(C)(C)OC(=O)OC(=O)OC(C)(C)C.NCCCCCC(=O)O. The molecule has 0 atom stereocenters. The molecule has 13 heteroatoms. The molecule has 0 spiro atoms. The standard InChI is InChI=1S/C11H21NO4.C10H18O5.C6H13NO2/c1-11(2,3)16-10(15)12-8-6-4-5-7-9(13)14;1-9(2,3)14-7(11)13-8(12)15-10(4,5)6;7-5-3-1-2-4-6(8)9/h4-8H2,1-3H3,(H,12,15)(H,13,14);1-6H3;1-5,7H2,(H,8,9). The van der Waals surface area contributed by atoms with Crippen LogP contribution in [0.3, 0.4) is 0 Å². The van der Waals surface area contributed by atoms with Gasteiger partial charge in [-0.1, -0.05) is 12.8 Å². The summed E-state index contributed by atoms with van der Waals surface area (Å²) in [6.45, 7) is 16.6. The molecule has 40 heavy (non-hydrogen) atoms. The molecule has 0 aliphatic carbocycles. The maximum absolute atomic E-state index is 11.2. The van der Waals surface area contributed by atoms with Gasteiger partial charge in [0.1, 0.15) is 16.8 Å². The molecule has 0 radical (unpaired) electrons. The summed E-state index contributed by atoms with van der Waals surface area (Å²) >= 11 is 0. The number of ether oxygens (including phenoxy) is 4. The summed E-state index contributed by atoms with van der Waals surface area (Å²) in [5.74, 6) is -1.49. The van der Waals surface area contributed by atoms with Crippen molar-refractivity contribution in [1.29, 1.82) is 0 Å². The molecule has 0 rings (SSSR count). The first-order chi connectivity index (χ1) is 18.1. The van der Waals surface area contributed by atoms with Gasteiger partial charge in [0.25, 0.3) is 0 Å². The Labute approximate surface area is 238 Å². The van der Waals surface area contributed by atoms with Gasteiger partial charge >= 0.3 is 30.3 Å². The van der Waals surface area contributed by atoms with E-state index < -0.39 is 47.1 Å². The van der Waals surface area contributed by atoms with E-state index in [1.54, 1.807) is 62.3 Å². The number of nitrogens with one attached hydrogen (secondary N) is 1. The van der Waals surface area contributed by atoms with E-state index in [-0.39, 0.29) is 12.8 Å². The number of carboxylic acid groups (broad SMARTS) is 2. The summed E-state index contributed by atoms with van der Waals surface area (Å²) in [7, 11) is 0. The highest BCUT2D eigenvalue weighted by Crippen LogP contribution is 2.11. The Bertz CT molecular complexity index is 723. The highest BCUT2D eigenvalue weighted by molar-refractivity contribution is 5.77. The zero-order chi connectivity index (χ0) is 32.0. The maximum Gasteiger partial charge on any atom is 0.519 e. The molecule has 13 nitrogen and oxygen atoms in total. The number of nitrogens with two attached hydrogens (primary N) is 1. The van der Waals surface area contributed by atoms with Gasteiger partial charge in [0, 0.05) is 19.4 Å². The molecule has 5 N–H and O–H groups in total. The van der Waals surface area contributed by atoms with Gasteiger partial charge in [-0.2, -0.15) is 0 Å². The molecule has 0 aliphatic rings. The number of carboxylic acids is 2. The second kappa shape index (κ2) is 21.7. The van der Waals surface area contributed by atoms with Crippen molar-refractivity contribution in [3.8, 4) is 0 Å². The third-order valence-electron chi connectivity index (χ3n) is 3.78. The summed E-state index contributed by atoms with van der Waals surface area (Å²) in [6, 6.07) is 0. The van der Waals surface area contributed by atoms with Gasteiger partial charge in [0.15, 0.2) is 0 Å². The van der Waals surface area contributed by atoms with Crippen LogP contribution in [0, 0.1) is 0 Å². The highest BCUT2D eigenvalue weighted by Gasteiger charge is 2.24. The number of amides is 1. The van der Waals surface area contributed by atoms with Crippen LogP contribution in [0.1, 0.15) is 114 Å². The van der Waals surface area contributed by atoms with Crippen molar-refractivity contribution in [3.63, 3.8) is 0 Å². The smallest absolute Gasteiger partial charge is 0.481 e. The van der Waals surface area contributed by atoms with Gasteiger partial charge in [-0.3, -0.25) is 9.59 Å². The number of aliphatic carboxylic acids is 2. The minimum atomic E-state index is -1.06. The van der Waals surface area contributed by atoms with Crippen LogP contribution >= 0.6 is 0 Å². The van der Waals surface area contributed by atoms with E-state index in [1.165, 1.54) is 0 Å². The van der Waals surface area contributed by atoms with Crippen molar-refractivity contribution in [2.75, 3.05) is 13.1 Å². The van der Waals surface area contributed by atoms with Crippen LogP contribution in [0.15, 0.2) is 0 Å². The van der Waals surface area contributed by atoms with E-state index in [4.69, 9.17) is 30.2 Å². The minimum Gasteiger partial charge on any atom is -0.481 e. The molecule has 0 aliphatic heterocycles. The first kappa shape index (κ1) is 41.4. The summed E-state index contributed by atoms with van der Waals surface area (Å²) < 4.78 is 18.8. The van der Waals surface area contributed by atoms with Gasteiger partial charge in [-0.05, 0) is 94.5 Å². The average Bonchev–Trinajstić information content (AvgIpc) is 2.70. The third-order valence-corrected chi connectivity index (χ3v) is 3.78. The van der Waals surface area contributed by atoms with Gasteiger partial charge in [-0.25, -0.2) is 14.4 Å². The molecule has 0 unspecified atom stereocenters. The lowest BCUT2D eigenvalue weighted by atomic mass is 10.2. The molecule has 0 aromatic heterocycles. The Morgan fingerprint density at radius 2 is 0.975 bits per heavy atom. The predicted molar refractivity (Wildman–Crippen MR) is 149 cm³/mol. The number of hydrogen-bond donors (Lipinski definition) is 4. The van der Waals surface area contributed by atoms with E-state index in [2.05, 4.69) is 10.1 Å². The summed E-state index contributed by atoms with van der Waals surface area (Å²) in [5, 5.41) is 19.2. The van der Waals surface area contributed by atoms with E-state index in [0.717, 1.165) is 32.1 Å². The van der Waals surface area contributed by atoms with Crippen LogP contribution in [0.5, 0.6) is 0 Å². The van der Waals surface area contributed by atoms with Crippen molar-refractivity contribution in [2.45, 2.75) is 130 Å². The zero-order valence-corrected chi connectivity index (χ0v) is 25.7. The van der Waals surface area contributed by atoms with Crippen molar-refractivity contribution < 1.29 is 53.1 Å². The molecule has 0 aromatic rings. The Kier molecular flexibility index (Phi) is 22.5. The van der Waals surface area contributed by atoms with Crippen LogP contribution in [0.2, 0.25) is 0 Å². The number of hydrogen-bond acceptors (Lipinski definition) is 10. The van der Waals surface area contributed by atoms with Crippen molar-refractivity contribution in [3.05, 3.63) is 0 Å². The largest absolute Gasteiger partial charge is 0.519 e. The monoisotopic (exact) mass is 580 g/mol. The molecule has 0 saturated heterocycles. The highest BCUT2D eigenvalue weighted by atomic mass is 16.8. The van der Waals surface area contributed by atoms with Gasteiger partial charge in [0.2, 0.25) is 0 Å². The molecule has 0 fully saturated rings. The molecular weight excluding hydrogens is 528 g/mol. The van der Waals surface area contributed by atoms with E-state index in [0.29, 0.717) is 19.5 Å². The zero-order valence-electron chi connectivity index (χ0n) is 25.7. The molecule has 0 saturated carbocycles. The average molecular weight is 581 g/mol. The lowest BCUT2D eigenvalue weighted by Crippen LogP contribution is -2.32. The van der Waals surface area contributed by atoms with Crippen LogP contribution < -0.4 is 11.1 Å². The second-order valence-electron chi connectivity index (χ2n) is 11.7. The summed E-state index contributed by atoms with van der Waals surface area (Å²) in [6.07, 6.45) is 2.76. The van der Waals surface area contributed by atoms with Crippen molar-refractivity contribution in [1.82, 2.24) is 5.32 Å². The maximum atomic E-state index is 11.2. The molecule has 0 heterocycles. The van der Waals surface area contributed by atoms with Gasteiger partial charge in [-0.15, -0.1) is 0 Å². The van der Waals surface area contributed by atoms with Crippen molar-refractivity contribution >= 4 is 30.3 Å². The third kappa shape index (κ3) is 42.0. The Morgan fingerprint density at radius 3 is 1.30 bits per heavy atom. The van der Waals surface area contributed by atoms with Crippen molar-refractivity contribution in [2.24, 2.45) is 5.73 Å². The number of unbranched alkanes of at least 4 members (excludes halogenated alkanes) is 4. The number of alkyl carbamates (subject to hydrolysis) is 1. The lowest BCUT2D eigenvalue weighted by molar-refractivity contribution is -0.138. The fraction of sp³-hybridized carbons (Fsp3) is 0.815. The molecule has 0 bridgehead atoms. The van der Waals surface area contributed by atoms with Crippen LogP contribution in [-0.4, -0.2) is 70.4 Å². The van der Waals surface area contributed by atoms with Crippen LogP contribution in [-0.2, 0) is 28.5 Å². The van der Waals surface area contributed by atoms with Crippen LogP contribution in [0.25, 0.3) is 0 Å². The first-order valence-electron chi connectivity index (χ1n) is 13.3. The normalized spacial score (nSPS) is 10.9. The predicted octanol–water partition coefficient (Wildman–Crippen LogP) is 5.62. The van der Waals surface area contributed by atoms with E-state index in [9.17, 15) is 24.0 Å². The molecule has 236 valence electrons. The Balaban J connectivity index is -0.000000534. The fourth-order valence-corrected chi connectivity index (χ4v) is 2.29.